The molecule has 1 aliphatic rings. The SMILES string of the molecule is C[C@H]1[C@@H](C(O)(c2ccccc2)c2ccccc2)N1Cc1ccccc1. The highest BCUT2D eigenvalue weighted by molar-refractivity contribution is 5.41. The number of aliphatic hydroxyl groups is 1. The average molecular weight is 329 g/mol. The summed E-state index contributed by atoms with van der Waals surface area (Å²) >= 11 is 0. The molecule has 2 nitrogen and oxygen atoms in total. The summed E-state index contributed by atoms with van der Waals surface area (Å²) in [5.74, 6) is 0. The lowest BCUT2D eigenvalue weighted by atomic mass is 9.82. The summed E-state index contributed by atoms with van der Waals surface area (Å²) < 4.78 is 0. The van der Waals surface area contributed by atoms with Crippen LogP contribution in [0.15, 0.2) is 91.0 Å². The van der Waals surface area contributed by atoms with Crippen molar-refractivity contribution in [3.63, 3.8) is 0 Å². The average Bonchev–Trinajstić information content (AvgIpc) is 3.32. The second-order valence-electron chi connectivity index (χ2n) is 6.84. The topological polar surface area (TPSA) is 23.2 Å². The number of rotatable bonds is 5. The van der Waals surface area contributed by atoms with E-state index in [1.165, 1.54) is 5.56 Å². The first-order valence-corrected chi connectivity index (χ1v) is 8.84. The van der Waals surface area contributed by atoms with Gasteiger partial charge >= 0.3 is 0 Å². The van der Waals surface area contributed by atoms with Crippen LogP contribution in [0.2, 0.25) is 0 Å². The summed E-state index contributed by atoms with van der Waals surface area (Å²) in [5, 5.41) is 11.9. The number of hydrogen-bond acceptors (Lipinski definition) is 2. The van der Waals surface area contributed by atoms with E-state index >= 15 is 0 Å². The van der Waals surface area contributed by atoms with Crippen molar-refractivity contribution in [1.82, 2.24) is 4.90 Å². The van der Waals surface area contributed by atoms with Gasteiger partial charge in [0.15, 0.2) is 0 Å². The number of nitrogens with zero attached hydrogens (tertiary/aromatic N) is 1. The Hall–Kier alpha value is -2.42. The predicted octanol–water partition coefficient (Wildman–Crippen LogP) is 4.20. The molecule has 0 amide bonds. The fourth-order valence-corrected chi connectivity index (χ4v) is 3.93. The Morgan fingerprint density at radius 1 is 0.760 bits per heavy atom. The van der Waals surface area contributed by atoms with Crippen molar-refractivity contribution in [2.45, 2.75) is 31.2 Å². The summed E-state index contributed by atoms with van der Waals surface area (Å²) in [6, 6.07) is 30.9. The molecular formula is C23H23NO. The van der Waals surface area contributed by atoms with E-state index in [-0.39, 0.29) is 6.04 Å². The standard InChI is InChI=1S/C23H23NO/c1-18-22(24(18)17-19-11-5-2-6-12-19)23(25,20-13-7-3-8-14-20)21-15-9-4-10-16-21/h2-16,18,22,25H,17H2,1H3/t18-,22-,24?/m0/s1. The Bertz CT molecular complexity index is 777. The maximum atomic E-state index is 11.9. The predicted molar refractivity (Wildman–Crippen MR) is 101 cm³/mol. The lowest BCUT2D eigenvalue weighted by Gasteiger charge is -2.30. The van der Waals surface area contributed by atoms with Gasteiger partial charge in [-0.05, 0) is 23.6 Å². The fourth-order valence-electron chi connectivity index (χ4n) is 3.93. The zero-order valence-electron chi connectivity index (χ0n) is 14.4. The maximum absolute atomic E-state index is 11.9. The molecular weight excluding hydrogens is 306 g/mol. The van der Waals surface area contributed by atoms with Crippen LogP contribution in [0.1, 0.15) is 23.6 Å². The summed E-state index contributed by atoms with van der Waals surface area (Å²) in [5.41, 5.74) is 2.18. The number of hydrogen-bond donors (Lipinski definition) is 1. The van der Waals surface area contributed by atoms with Crippen LogP contribution >= 0.6 is 0 Å². The third-order valence-electron chi connectivity index (χ3n) is 5.31. The highest BCUT2D eigenvalue weighted by Crippen LogP contribution is 2.47. The Morgan fingerprint density at radius 2 is 1.20 bits per heavy atom. The molecule has 0 saturated carbocycles. The third-order valence-corrected chi connectivity index (χ3v) is 5.31. The van der Waals surface area contributed by atoms with Crippen LogP contribution in [-0.2, 0) is 12.1 Å². The second kappa shape index (κ2) is 6.47. The zero-order valence-corrected chi connectivity index (χ0v) is 14.4. The molecule has 25 heavy (non-hydrogen) atoms. The fraction of sp³-hybridized carbons (Fsp3) is 0.217. The van der Waals surface area contributed by atoms with Crippen LogP contribution in [0.3, 0.4) is 0 Å². The van der Waals surface area contributed by atoms with Gasteiger partial charge in [0.2, 0.25) is 0 Å². The molecule has 0 aliphatic carbocycles. The highest BCUT2D eigenvalue weighted by atomic mass is 16.3. The Labute approximate surface area is 149 Å². The molecule has 3 aromatic rings. The summed E-state index contributed by atoms with van der Waals surface area (Å²) in [6.07, 6.45) is 0. The molecule has 0 radical (unpaired) electrons. The molecule has 1 saturated heterocycles. The Kier molecular flexibility index (Phi) is 4.16. The largest absolute Gasteiger partial charge is 0.379 e. The van der Waals surface area contributed by atoms with Crippen LogP contribution in [0.25, 0.3) is 0 Å². The summed E-state index contributed by atoms with van der Waals surface area (Å²) in [4.78, 5) is 2.37. The van der Waals surface area contributed by atoms with E-state index in [1.54, 1.807) is 0 Å². The van der Waals surface area contributed by atoms with Gasteiger partial charge in [0, 0.05) is 12.6 Å². The lowest BCUT2D eigenvalue weighted by Crippen LogP contribution is -2.36. The van der Waals surface area contributed by atoms with Gasteiger partial charge in [0.25, 0.3) is 0 Å². The molecule has 0 aromatic heterocycles. The van der Waals surface area contributed by atoms with E-state index in [4.69, 9.17) is 0 Å². The van der Waals surface area contributed by atoms with Crippen molar-refractivity contribution in [3.8, 4) is 0 Å². The van der Waals surface area contributed by atoms with Crippen LogP contribution in [0.4, 0.5) is 0 Å². The van der Waals surface area contributed by atoms with Gasteiger partial charge in [-0.3, -0.25) is 4.90 Å². The molecule has 2 heteroatoms. The maximum Gasteiger partial charge on any atom is 0.132 e. The summed E-state index contributed by atoms with van der Waals surface area (Å²) in [7, 11) is 0. The third kappa shape index (κ3) is 2.88. The van der Waals surface area contributed by atoms with Crippen molar-refractivity contribution < 1.29 is 5.11 Å². The lowest BCUT2D eigenvalue weighted by molar-refractivity contribution is 0.0631. The smallest absolute Gasteiger partial charge is 0.132 e. The van der Waals surface area contributed by atoms with Crippen LogP contribution < -0.4 is 0 Å². The minimum atomic E-state index is -1.00. The molecule has 3 atom stereocenters. The molecule has 3 aromatic carbocycles. The van der Waals surface area contributed by atoms with Crippen molar-refractivity contribution in [1.29, 1.82) is 0 Å². The van der Waals surface area contributed by atoms with Gasteiger partial charge < -0.3 is 5.11 Å². The molecule has 1 N–H and O–H groups in total. The molecule has 4 rings (SSSR count). The van der Waals surface area contributed by atoms with Crippen LogP contribution in [-0.4, -0.2) is 22.1 Å². The first kappa shape index (κ1) is 16.1. The van der Waals surface area contributed by atoms with E-state index in [0.29, 0.717) is 6.04 Å². The van der Waals surface area contributed by atoms with Crippen molar-refractivity contribution in [2.24, 2.45) is 0 Å². The van der Waals surface area contributed by atoms with Gasteiger partial charge in [0.05, 0.1) is 6.04 Å². The normalized spacial score (nSPS) is 22.6. The van der Waals surface area contributed by atoms with Gasteiger partial charge in [-0.1, -0.05) is 91.0 Å². The van der Waals surface area contributed by atoms with E-state index in [1.807, 2.05) is 66.7 Å². The first-order valence-electron chi connectivity index (χ1n) is 8.84. The van der Waals surface area contributed by atoms with Crippen LogP contribution in [0.5, 0.6) is 0 Å². The van der Waals surface area contributed by atoms with Crippen molar-refractivity contribution in [3.05, 3.63) is 108 Å². The van der Waals surface area contributed by atoms with Crippen molar-refractivity contribution >= 4 is 0 Å². The monoisotopic (exact) mass is 329 g/mol. The molecule has 126 valence electrons. The second-order valence-corrected chi connectivity index (χ2v) is 6.84. The minimum Gasteiger partial charge on any atom is -0.379 e. The number of benzene rings is 3. The summed E-state index contributed by atoms with van der Waals surface area (Å²) in [6.45, 7) is 3.05. The van der Waals surface area contributed by atoms with E-state index in [0.717, 1.165) is 17.7 Å². The molecule has 1 heterocycles. The van der Waals surface area contributed by atoms with Gasteiger partial charge in [-0.25, -0.2) is 0 Å². The van der Waals surface area contributed by atoms with Gasteiger partial charge in [0.1, 0.15) is 5.60 Å². The molecule has 0 bridgehead atoms. The van der Waals surface area contributed by atoms with Crippen LogP contribution in [0, 0.1) is 0 Å². The molecule has 1 aliphatic heterocycles. The molecule has 0 spiro atoms. The quantitative estimate of drug-likeness (QED) is 0.709. The molecule has 1 fully saturated rings. The minimum absolute atomic E-state index is 0.0671. The van der Waals surface area contributed by atoms with E-state index in [2.05, 4.69) is 36.1 Å². The molecule has 1 unspecified atom stereocenters. The van der Waals surface area contributed by atoms with Crippen molar-refractivity contribution in [2.75, 3.05) is 0 Å². The zero-order chi connectivity index (χ0) is 17.3. The Morgan fingerprint density at radius 3 is 1.68 bits per heavy atom. The van der Waals surface area contributed by atoms with Gasteiger partial charge in [-0.2, -0.15) is 0 Å². The highest BCUT2D eigenvalue weighted by Gasteiger charge is 2.57. The Balaban J connectivity index is 1.70. The first-order chi connectivity index (χ1) is 12.2. The van der Waals surface area contributed by atoms with E-state index in [9.17, 15) is 5.11 Å². The van der Waals surface area contributed by atoms with Gasteiger partial charge in [-0.15, -0.1) is 0 Å². The van der Waals surface area contributed by atoms with E-state index < -0.39 is 5.60 Å².